The summed E-state index contributed by atoms with van der Waals surface area (Å²) in [4.78, 5) is 0. The Morgan fingerprint density at radius 2 is 1.42 bits per heavy atom. The zero-order chi connectivity index (χ0) is 30.4. The standard InChI is InChI=1S/C32H28N6O3S2/c1-18-5-7-21(8-6-18)36-30(26-13-11-24(40)16-20(26)3)38(35-32(36)43)22-9-14-27(28(17-22)41-4)37-29(33-34-31(37)42)25-12-10-23(39)15-19(25)2/h5-17H,1-4H3,(H3,33,34,35,39,42,43)/p+1. The smallest absolute Gasteiger partial charge is 0.320 e. The van der Waals surface area contributed by atoms with E-state index in [1.165, 1.54) is 0 Å². The molecule has 4 N–H and O–H groups in total. The molecule has 0 aliphatic rings. The lowest BCUT2D eigenvalue weighted by Gasteiger charge is -2.14. The van der Waals surface area contributed by atoms with Gasteiger partial charge in [-0.1, -0.05) is 17.7 Å². The van der Waals surface area contributed by atoms with Crippen LogP contribution in [0, 0.1) is 30.3 Å². The van der Waals surface area contributed by atoms with Crippen molar-refractivity contribution in [3.8, 4) is 57.1 Å². The number of H-pyrrole nitrogens is 2. The average Bonchev–Trinajstić information content (AvgIpc) is 3.52. The van der Waals surface area contributed by atoms with E-state index in [0.29, 0.717) is 26.8 Å². The first-order valence-electron chi connectivity index (χ1n) is 13.5. The lowest BCUT2D eigenvalue weighted by molar-refractivity contribution is -0.646. The van der Waals surface area contributed by atoms with E-state index in [2.05, 4.69) is 15.3 Å². The van der Waals surface area contributed by atoms with Gasteiger partial charge in [0, 0.05) is 11.6 Å². The quantitative estimate of drug-likeness (QED) is 0.123. The molecule has 2 heterocycles. The van der Waals surface area contributed by atoms with Gasteiger partial charge in [-0.25, -0.2) is 0 Å². The summed E-state index contributed by atoms with van der Waals surface area (Å²) >= 11 is 11.5. The summed E-state index contributed by atoms with van der Waals surface area (Å²) < 4.78 is 12.5. The van der Waals surface area contributed by atoms with Gasteiger partial charge in [0.2, 0.25) is 0 Å². The van der Waals surface area contributed by atoms with Crippen LogP contribution in [-0.4, -0.2) is 41.8 Å². The molecule has 0 atom stereocenters. The number of hydrogen-bond donors (Lipinski definition) is 4. The van der Waals surface area contributed by atoms with Gasteiger partial charge in [0.15, 0.2) is 16.3 Å². The summed E-state index contributed by atoms with van der Waals surface area (Å²) in [6.07, 6.45) is 0. The fourth-order valence-corrected chi connectivity index (χ4v) is 5.76. The van der Waals surface area contributed by atoms with Gasteiger partial charge in [-0.15, -0.1) is 4.68 Å². The van der Waals surface area contributed by atoms with Gasteiger partial charge >= 0.3 is 10.6 Å². The normalized spacial score (nSPS) is 11.2. The number of benzene rings is 4. The number of aromatic nitrogens is 6. The summed E-state index contributed by atoms with van der Waals surface area (Å²) in [6.45, 7) is 5.90. The molecule has 0 bridgehead atoms. The Balaban J connectivity index is 1.57. The molecule has 9 nitrogen and oxygen atoms in total. The number of phenols is 2. The number of aromatic amines is 2. The Morgan fingerprint density at radius 1 is 0.767 bits per heavy atom. The second kappa shape index (κ2) is 11.0. The number of rotatable bonds is 6. The third kappa shape index (κ3) is 5.02. The molecule has 4 aromatic carbocycles. The lowest BCUT2D eigenvalue weighted by Crippen LogP contribution is -2.35. The molecule has 0 unspecified atom stereocenters. The second-order valence-electron chi connectivity index (χ2n) is 10.3. The molecule has 0 aliphatic heterocycles. The van der Waals surface area contributed by atoms with E-state index in [-0.39, 0.29) is 11.5 Å². The number of aryl methyl sites for hydroxylation is 3. The van der Waals surface area contributed by atoms with Gasteiger partial charge < -0.3 is 14.9 Å². The highest BCUT2D eigenvalue weighted by atomic mass is 32.1. The minimum absolute atomic E-state index is 0.176. The maximum atomic E-state index is 10.2. The predicted octanol–water partition coefficient (Wildman–Crippen LogP) is 6.73. The summed E-state index contributed by atoms with van der Waals surface area (Å²) in [5, 5.41) is 30.8. The Morgan fingerprint density at radius 3 is 2.05 bits per heavy atom. The summed E-state index contributed by atoms with van der Waals surface area (Å²) in [5.74, 6) is 2.28. The Labute approximate surface area is 257 Å². The molecule has 0 radical (unpaired) electrons. The largest absolute Gasteiger partial charge is 0.508 e. The van der Waals surface area contributed by atoms with Crippen LogP contribution in [0.2, 0.25) is 0 Å². The number of aromatic hydroxyl groups is 2. The van der Waals surface area contributed by atoms with Crippen LogP contribution in [0.25, 0.3) is 39.8 Å². The number of phenolic OH excluding ortho intramolecular Hbond substituents is 2. The molecular weight excluding hydrogens is 581 g/mol. The van der Waals surface area contributed by atoms with Crippen molar-refractivity contribution < 1.29 is 19.6 Å². The van der Waals surface area contributed by atoms with E-state index in [4.69, 9.17) is 29.2 Å². The molecule has 43 heavy (non-hydrogen) atoms. The maximum Gasteiger partial charge on any atom is 0.320 e. The van der Waals surface area contributed by atoms with Crippen molar-refractivity contribution in [1.82, 2.24) is 24.4 Å². The molecule has 2 aromatic heterocycles. The second-order valence-corrected chi connectivity index (χ2v) is 11.1. The fraction of sp³-hybridized carbons (Fsp3) is 0.125. The van der Waals surface area contributed by atoms with Crippen molar-refractivity contribution in [1.29, 1.82) is 0 Å². The number of ether oxygens (including phenoxy) is 1. The molecular formula is C32H29N6O3S2+. The Hall–Kier alpha value is -5.00. The first-order chi connectivity index (χ1) is 20.7. The highest BCUT2D eigenvalue weighted by molar-refractivity contribution is 7.71. The molecule has 0 saturated heterocycles. The van der Waals surface area contributed by atoms with Crippen LogP contribution < -0.4 is 9.42 Å². The van der Waals surface area contributed by atoms with E-state index >= 15 is 0 Å². The van der Waals surface area contributed by atoms with Gasteiger partial charge in [-0.05, 0) is 117 Å². The predicted molar refractivity (Wildman–Crippen MR) is 170 cm³/mol. The first-order valence-corrected chi connectivity index (χ1v) is 14.3. The van der Waals surface area contributed by atoms with Crippen LogP contribution in [0.15, 0.2) is 78.9 Å². The first kappa shape index (κ1) is 28.1. The van der Waals surface area contributed by atoms with Crippen molar-refractivity contribution >= 4 is 24.4 Å². The number of nitrogens with zero attached hydrogens (tertiary/aromatic N) is 4. The molecule has 216 valence electrons. The van der Waals surface area contributed by atoms with Crippen molar-refractivity contribution in [3.05, 3.63) is 105 Å². The van der Waals surface area contributed by atoms with E-state index < -0.39 is 0 Å². The van der Waals surface area contributed by atoms with Crippen LogP contribution in [0.4, 0.5) is 0 Å². The Kier molecular flexibility index (Phi) is 7.20. The molecule has 0 amide bonds. The summed E-state index contributed by atoms with van der Waals surface area (Å²) in [6, 6.07) is 24.3. The third-order valence-electron chi connectivity index (χ3n) is 7.36. The van der Waals surface area contributed by atoms with Crippen LogP contribution in [0.3, 0.4) is 0 Å². The van der Waals surface area contributed by atoms with Crippen molar-refractivity contribution in [2.24, 2.45) is 0 Å². The summed E-state index contributed by atoms with van der Waals surface area (Å²) in [7, 11) is 1.60. The summed E-state index contributed by atoms with van der Waals surface area (Å²) in [5.41, 5.74) is 6.91. The molecule has 6 aromatic rings. The zero-order valence-electron chi connectivity index (χ0n) is 23.9. The highest BCUT2D eigenvalue weighted by Crippen LogP contribution is 2.33. The van der Waals surface area contributed by atoms with Crippen molar-refractivity contribution in [3.63, 3.8) is 0 Å². The molecule has 0 fully saturated rings. The molecule has 0 saturated carbocycles. The van der Waals surface area contributed by atoms with Gasteiger partial charge in [-0.3, -0.25) is 9.67 Å². The molecule has 11 heteroatoms. The molecule has 6 rings (SSSR count). The SMILES string of the molecule is COc1cc(-[n+]2[nH]c(=S)n(-c3ccc(C)cc3)c2-c2ccc(O)cc2C)ccc1-n1c(-c2ccc(O)cc2C)n[nH]c1=S. The fourth-order valence-electron chi connectivity index (χ4n) is 5.24. The Bertz CT molecular complexity index is 2120. The minimum Gasteiger partial charge on any atom is -0.508 e. The van der Waals surface area contributed by atoms with E-state index in [0.717, 1.165) is 45.0 Å². The lowest BCUT2D eigenvalue weighted by atomic mass is 10.1. The van der Waals surface area contributed by atoms with Gasteiger partial charge in [-0.2, -0.15) is 14.8 Å². The van der Waals surface area contributed by atoms with E-state index in [9.17, 15) is 10.2 Å². The van der Waals surface area contributed by atoms with Crippen molar-refractivity contribution in [2.75, 3.05) is 7.11 Å². The van der Waals surface area contributed by atoms with Crippen LogP contribution in [0.1, 0.15) is 16.7 Å². The highest BCUT2D eigenvalue weighted by Gasteiger charge is 2.28. The van der Waals surface area contributed by atoms with Crippen LogP contribution in [-0.2, 0) is 0 Å². The number of nitrogens with one attached hydrogen (secondary N) is 2. The van der Waals surface area contributed by atoms with Crippen LogP contribution >= 0.6 is 24.4 Å². The molecule has 0 spiro atoms. The average molecular weight is 610 g/mol. The van der Waals surface area contributed by atoms with Crippen molar-refractivity contribution in [2.45, 2.75) is 20.8 Å². The monoisotopic (exact) mass is 609 g/mol. The van der Waals surface area contributed by atoms with E-state index in [1.807, 2.05) is 89.2 Å². The third-order valence-corrected chi connectivity index (χ3v) is 7.91. The van der Waals surface area contributed by atoms with Crippen LogP contribution in [0.5, 0.6) is 17.2 Å². The number of methoxy groups -OCH3 is 1. The maximum absolute atomic E-state index is 10.2. The minimum atomic E-state index is 0.176. The number of hydrogen-bond acceptors (Lipinski definition) is 6. The zero-order valence-corrected chi connectivity index (χ0v) is 25.5. The molecule has 0 aliphatic carbocycles. The van der Waals surface area contributed by atoms with Gasteiger partial charge in [0.25, 0.3) is 0 Å². The van der Waals surface area contributed by atoms with E-state index in [1.54, 1.807) is 31.4 Å². The van der Waals surface area contributed by atoms with Gasteiger partial charge in [0.1, 0.15) is 22.9 Å². The van der Waals surface area contributed by atoms with Gasteiger partial charge in [0.05, 0.1) is 18.4 Å². The topological polar surface area (TPSA) is 108 Å².